The molecule has 3 aromatic rings. The lowest BCUT2D eigenvalue weighted by molar-refractivity contribution is 0.0955. The smallest absolute Gasteiger partial charge is 0.326 e. The molecule has 48 heavy (non-hydrogen) atoms. The highest BCUT2D eigenvalue weighted by atomic mass is 35.5. The maximum absolute atomic E-state index is 15.1. The zero-order chi connectivity index (χ0) is 35.2. The Kier molecular flexibility index (Phi) is 9.98. The van der Waals surface area contributed by atoms with Gasteiger partial charge < -0.3 is 9.64 Å². The van der Waals surface area contributed by atoms with Gasteiger partial charge in [-0.1, -0.05) is 68.2 Å². The van der Waals surface area contributed by atoms with Crippen molar-refractivity contribution in [3.05, 3.63) is 93.2 Å². The fourth-order valence-electron chi connectivity index (χ4n) is 6.69. The number of rotatable bonds is 7. The highest BCUT2D eigenvalue weighted by Gasteiger charge is 2.60. The second-order valence-electron chi connectivity index (χ2n) is 14.0. The molecule has 258 valence electrons. The van der Waals surface area contributed by atoms with Gasteiger partial charge in [0.2, 0.25) is 10.0 Å². The molecule has 9 nitrogen and oxygen atoms in total. The summed E-state index contributed by atoms with van der Waals surface area (Å²) in [6.07, 6.45) is 3.98. The lowest BCUT2D eigenvalue weighted by atomic mass is 9.71. The van der Waals surface area contributed by atoms with E-state index in [9.17, 15) is 8.42 Å². The predicted molar refractivity (Wildman–Crippen MR) is 193 cm³/mol. The van der Waals surface area contributed by atoms with Gasteiger partial charge in [-0.05, 0) is 69.0 Å². The number of aliphatic imine (C=N–C) groups is 1. The van der Waals surface area contributed by atoms with E-state index in [1.54, 1.807) is 23.0 Å². The van der Waals surface area contributed by atoms with Crippen molar-refractivity contribution < 1.29 is 17.9 Å². The predicted octanol–water partition coefficient (Wildman–Crippen LogP) is 7.45. The minimum Gasteiger partial charge on any atom is -0.493 e. The van der Waals surface area contributed by atoms with Crippen molar-refractivity contribution in [1.29, 1.82) is 0 Å². The number of carbonyl (C=O) groups excluding carboxylic acids is 1. The first-order valence-corrected chi connectivity index (χ1v) is 18.8. The topological polar surface area (TPSA) is 95.4 Å². The molecule has 0 saturated carbocycles. The number of urea groups is 1. The number of carbonyl (C=O) groups is 1. The van der Waals surface area contributed by atoms with Crippen molar-refractivity contribution in [1.82, 2.24) is 19.1 Å². The third kappa shape index (κ3) is 6.56. The number of amidine groups is 1. The quantitative estimate of drug-likeness (QED) is 0.254. The first-order valence-electron chi connectivity index (χ1n) is 16.2. The lowest BCUT2D eigenvalue weighted by Gasteiger charge is -2.47. The number of piperidine rings is 1. The Morgan fingerprint density at radius 1 is 1.00 bits per heavy atom. The highest BCUT2D eigenvalue weighted by Crippen LogP contribution is 2.54. The standard InChI is InChI=1S/C36H45Cl2N5O4S/c1-9-47-30-22-31(34(2,3)4)39-23-29(30)32-40-35(5,24-10-14-26(37)15-11-24)36(6,25-12-16-27(38)17-13-25)43(32)33(44)42-20-18-28(19-21-42)41(7)48(8,45)46/h10-17,22-23,28H,9,18-21H2,1-8H3/t35-,36+/m0/s1. The van der Waals surface area contributed by atoms with Crippen molar-refractivity contribution in [2.24, 2.45) is 4.99 Å². The van der Waals surface area contributed by atoms with E-state index in [0.717, 1.165) is 16.8 Å². The van der Waals surface area contributed by atoms with Crippen LogP contribution in [0.2, 0.25) is 10.0 Å². The van der Waals surface area contributed by atoms with Gasteiger partial charge in [-0.15, -0.1) is 0 Å². The fraction of sp³-hybridized carbons (Fsp3) is 0.472. The van der Waals surface area contributed by atoms with Gasteiger partial charge in [-0.3, -0.25) is 14.9 Å². The van der Waals surface area contributed by atoms with Crippen LogP contribution in [0.3, 0.4) is 0 Å². The summed E-state index contributed by atoms with van der Waals surface area (Å²) in [5.74, 6) is 1.02. The third-order valence-corrected chi connectivity index (χ3v) is 11.7. The number of pyridine rings is 1. The second-order valence-corrected chi connectivity index (χ2v) is 16.9. The maximum Gasteiger partial charge on any atom is 0.326 e. The summed E-state index contributed by atoms with van der Waals surface area (Å²) in [5.41, 5.74) is 0.841. The van der Waals surface area contributed by atoms with Crippen LogP contribution >= 0.6 is 23.2 Å². The minimum atomic E-state index is -3.37. The molecule has 2 amide bonds. The molecule has 1 fully saturated rings. The molecule has 2 atom stereocenters. The zero-order valence-corrected chi connectivity index (χ0v) is 31.2. The first kappa shape index (κ1) is 36.1. The molecule has 1 saturated heterocycles. The van der Waals surface area contributed by atoms with Crippen LogP contribution in [0.1, 0.15) is 76.8 Å². The Hall–Kier alpha value is -3.18. The van der Waals surface area contributed by atoms with Gasteiger partial charge in [0, 0.05) is 59.6 Å². The van der Waals surface area contributed by atoms with Crippen molar-refractivity contribution >= 4 is 45.1 Å². The summed E-state index contributed by atoms with van der Waals surface area (Å²) in [6, 6.07) is 16.6. The molecule has 0 aliphatic carbocycles. The summed E-state index contributed by atoms with van der Waals surface area (Å²) in [7, 11) is -1.77. The van der Waals surface area contributed by atoms with Crippen molar-refractivity contribution in [3.8, 4) is 5.75 Å². The summed E-state index contributed by atoms with van der Waals surface area (Å²) in [4.78, 5) is 29.0. The zero-order valence-electron chi connectivity index (χ0n) is 28.9. The molecule has 3 heterocycles. The van der Waals surface area contributed by atoms with Crippen LogP contribution < -0.4 is 4.74 Å². The van der Waals surface area contributed by atoms with Crippen molar-refractivity contribution in [2.45, 2.75) is 76.9 Å². The molecule has 1 aromatic heterocycles. The Balaban J connectivity index is 1.72. The number of benzene rings is 2. The Morgan fingerprint density at radius 3 is 2.04 bits per heavy atom. The van der Waals surface area contributed by atoms with Gasteiger partial charge in [0.05, 0.1) is 18.4 Å². The monoisotopic (exact) mass is 713 g/mol. The van der Waals surface area contributed by atoms with Gasteiger partial charge in [0.1, 0.15) is 22.7 Å². The van der Waals surface area contributed by atoms with E-state index in [1.807, 2.05) is 75.4 Å². The van der Waals surface area contributed by atoms with Gasteiger partial charge >= 0.3 is 6.03 Å². The van der Waals surface area contributed by atoms with Gasteiger partial charge in [-0.25, -0.2) is 17.5 Å². The van der Waals surface area contributed by atoms with Gasteiger partial charge in [0.15, 0.2) is 0 Å². The second kappa shape index (κ2) is 13.3. The van der Waals surface area contributed by atoms with E-state index in [1.165, 1.54) is 10.6 Å². The highest BCUT2D eigenvalue weighted by molar-refractivity contribution is 7.88. The molecule has 0 bridgehead atoms. The molecule has 0 N–H and O–H groups in total. The minimum absolute atomic E-state index is 0.198. The van der Waals surface area contributed by atoms with Crippen LogP contribution in [0.5, 0.6) is 5.75 Å². The molecule has 2 aliphatic rings. The number of hydrogen-bond donors (Lipinski definition) is 0. The molecule has 12 heteroatoms. The van der Waals surface area contributed by atoms with Crippen LogP contribution in [0, 0.1) is 0 Å². The molecule has 5 rings (SSSR count). The van der Waals surface area contributed by atoms with Crippen LogP contribution in [-0.2, 0) is 26.5 Å². The van der Waals surface area contributed by atoms with E-state index in [4.69, 9.17) is 37.9 Å². The van der Waals surface area contributed by atoms with E-state index in [0.29, 0.717) is 59.7 Å². The van der Waals surface area contributed by atoms with E-state index < -0.39 is 21.1 Å². The van der Waals surface area contributed by atoms with Gasteiger partial charge in [-0.2, -0.15) is 0 Å². The lowest BCUT2D eigenvalue weighted by Crippen LogP contribution is -2.59. The first-order chi connectivity index (χ1) is 22.4. The van der Waals surface area contributed by atoms with Gasteiger partial charge in [0.25, 0.3) is 0 Å². The van der Waals surface area contributed by atoms with Crippen molar-refractivity contribution in [3.63, 3.8) is 0 Å². The number of aromatic nitrogens is 1. The number of likely N-dealkylation sites (tertiary alicyclic amines) is 1. The summed E-state index contributed by atoms with van der Waals surface area (Å²) in [5, 5.41) is 1.17. The largest absolute Gasteiger partial charge is 0.493 e. The fourth-order valence-corrected chi connectivity index (χ4v) is 7.69. The number of sulfonamides is 1. The molecule has 2 aromatic carbocycles. The molecular formula is C36H45Cl2N5O4S. The number of ether oxygens (including phenoxy) is 1. The van der Waals surface area contributed by atoms with Crippen LogP contribution in [-0.4, -0.2) is 78.4 Å². The number of hydrogen-bond acceptors (Lipinski definition) is 6. The molecule has 0 spiro atoms. The average molecular weight is 715 g/mol. The average Bonchev–Trinajstić information content (AvgIpc) is 3.28. The SMILES string of the molecule is CCOc1cc(C(C)(C)C)ncc1C1=N[C@@](C)(c2ccc(Cl)cc2)[C@@](C)(c2ccc(Cl)cc2)N1C(=O)N1CCC(N(C)S(C)(=O)=O)CC1. The molecular weight excluding hydrogens is 669 g/mol. The summed E-state index contributed by atoms with van der Waals surface area (Å²) in [6.45, 7) is 13.4. The molecule has 0 unspecified atom stereocenters. The number of amides is 2. The van der Waals surface area contributed by atoms with E-state index >= 15 is 4.79 Å². The Morgan fingerprint density at radius 2 is 1.54 bits per heavy atom. The van der Waals surface area contributed by atoms with Crippen LogP contribution in [0.25, 0.3) is 0 Å². The summed E-state index contributed by atoms with van der Waals surface area (Å²) >= 11 is 12.7. The van der Waals surface area contributed by atoms with Crippen molar-refractivity contribution in [2.75, 3.05) is 33.0 Å². The Bertz CT molecular complexity index is 1800. The van der Waals surface area contributed by atoms with E-state index in [-0.39, 0.29) is 17.5 Å². The Labute approximate surface area is 295 Å². The maximum atomic E-state index is 15.1. The number of nitrogens with zero attached hydrogens (tertiary/aromatic N) is 5. The van der Waals surface area contributed by atoms with Crippen LogP contribution in [0.15, 0.2) is 65.8 Å². The normalized spacial score (nSPS) is 22.3. The summed E-state index contributed by atoms with van der Waals surface area (Å²) < 4.78 is 32.3. The van der Waals surface area contributed by atoms with E-state index in [2.05, 4.69) is 20.8 Å². The number of halogens is 2. The molecule has 0 radical (unpaired) electrons. The third-order valence-electron chi connectivity index (χ3n) is 9.89. The molecule has 2 aliphatic heterocycles. The van der Waals surface area contributed by atoms with Crippen LogP contribution in [0.4, 0.5) is 4.79 Å².